The zero-order valence-electron chi connectivity index (χ0n) is 11.4. The largest absolute Gasteiger partial charge is 0.481 e. The van der Waals surface area contributed by atoms with E-state index in [4.69, 9.17) is 0 Å². The van der Waals surface area contributed by atoms with Gasteiger partial charge in [-0.05, 0) is 24.1 Å². The molecule has 106 valence electrons. The number of aliphatic carboxylic acids is 1. The van der Waals surface area contributed by atoms with Crippen molar-refractivity contribution in [2.45, 2.75) is 18.8 Å². The van der Waals surface area contributed by atoms with Crippen molar-refractivity contribution in [2.24, 2.45) is 0 Å². The maximum atomic E-state index is 11.5. The van der Waals surface area contributed by atoms with E-state index in [-0.39, 0.29) is 0 Å². The Labute approximate surface area is 126 Å². The number of rotatable bonds is 5. The normalized spacial score (nSPS) is 12.4. The monoisotopic (exact) mass is 297 g/mol. The lowest BCUT2D eigenvalue weighted by atomic mass is 9.94. The van der Waals surface area contributed by atoms with Crippen LogP contribution in [-0.2, 0) is 11.2 Å². The molecule has 4 heteroatoms. The summed E-state index contributed by atoms with van der Waals surface area (Å²) in [6, 6.07) is 17.4. The summed E-state index contributed by atoms with van der Waals surface area (Å²) >= 11 is 1.64. The molecule has 1 atom stereocenters. The number of aromatic nitrogens is 1. The number of carbonyl (C=O) groups is 1. The van der Waals surface area contributed by atoms with E-state index < -0.39 is 11.9 Å². The molecule has 0 radical (unpaired) electrons. The highest BCUT2D eigenvalue weighted by molar-refractivity contribution is 7.18. The third-order valence-electron chi connectivity index (χ3n) is 3.49. The Balaban J connectivity index is 1.76. The maximum absolute atomic E-state index is 11.5. The molecule has 0 saturated carbocycles. The molecule has 1 aromatic heterocycles. The molecule has 0 aliphatic heterocycles. The van der Waals surface area contributed by atoms with Crippen LogP contribution in [0.5, 0.6) is 0 Å². The van der Waals surface area contributed by atoms with Crippen LogP contribution in [0.15, 0.2) is 54.6 Å². The van der Waals surface area contributed by atoms with E-state index >= 15 is 0 Å². The van der Waals surface area contributed by atoms with E-state index in [1.807, 2.05) is 54.6 Å². The average molecular weight is 297 g/mol. The first-order valence-corrected chi connectivity index (χ1v) is 7.68. The Morgan fingerprint density at radius 1 is 1.10 bits per heavy atom. The number of para-hydroxylation sites is 1. The number of thiazole rings is 1. The van der Waals surface area contributed by atoms with Gasteiger partial charge in [-0.2, -0.15) is 0 Å². The van der Waals surface area contributed by atoms with Crippen molar-refractivity contribution in [2.75, 3.05) is 0 Å². The molecule has 0 bridgehead atoms. The molecule has 1 unspecified atom stereocenters. The number of fused-ring (bicyclic) bond motifs is 1. The van der Waals surface area contributed by atoms with Crippen molar-refractivity contribution in [3.05, 3.63) is 65.2 Å². The third-order valence-corrected chi connectivity index (χ3v) is 4.58. The second kappa shape index (κ2) is 6.06. The van der Waals surface area contributed by atoms with Crippen LogP contribution in [0.3, 0.4) is 0 Å². The van der Waals surface area contributed by atoms with Gasteiger partial charge < -0.3 is 5.11 Å². The summed E-state index contributed by atoms with van der Waals surface area (Å²) < 4.78 is 1.15. The van der Waals surface area contributed by atoms with E-state index in [1.165, 1.54) is 0 Å². The summed E-state index contributed by atoms with van der Waals surface area (Å²) in [6.07, 6.45) is 1.25. The zero-order chi connectivity index (χ0) is 14.7. The fraction of sp³-hybridized carbons (Fsp3) is 0.176. The van der Waals surface area contributed by atoms with Crippen LogP contribution in [-0.4, -0.2) is 16.1 Å². The third kappa shape index (κ3) is 3.11. The second-order valence-electron chi connectivity index (χ2n) is 4.92. The minimum absolute atomic E-state index is 0.474. The summed E-state index contributed by atoms with van der Waals surface area (Å²) in [5.41, 5.74) is 1.84. The van der Waals surface area contributed by atoms with Gasteiger partial charge in [-0.3, -0.25) is 4.79 Å². The average Bonchev–Trinajstić information content (AvgIpc) is 2.91. The minimum Gasteiger partial charge on any atom is -0.481 e. The van der Waals surface area contributed by atoms with Crippen LogP contribution in [0, 0.1) is 0 Å². The second-order valence-corrected chi connectivity index (χ2v) is 6.03. The van der Waals surface area contributed by atoms with Crippen LogP contribution in [0.2, 0.25) is 0 Å². The van der Waals surface area contributed by atoms with E-state index in [0.29, 0.717) is 12.8 Å². The van der Waals surface area contributed by atoms with Gasteiger partial charge in [0.05, 0.1) is 21.1 Å². The van der Waals surface area contributed by atoms with Crippen LogP contribution in [0.25, 0.3) is 10.2 Å². The Morgan fingerprint density at radius 3 is 2.52 bits per heavy atom. The molecule has 0 amide bonds. The van der Waals surface area contributed by atoms with Crippen molar-refractivity contribution in [3.8, 4) is 0 Å². The molecular weight excluding hydrogens is 282 g/mol. The molecule has 21 heavy (non-hydrogen) atoms. The molecule has 0 spiro atoms. The van der Waals surface area contributed by atoms with Gasteiger partial charge in [0.1, 0.15) is 0 Å². The van der Waals surface area contributed by atoms with E-state index in [2.05, 4.69) is 4.98 Å². The molecule has 3 nitrogen and oxygen atoms in total. The summed E-state index contributed by atoms with van der Waals surface area (Å²) in [7, 11) is 0. The highest BCUT2D eigenvalue weighted by Gasteiger charge is 2.20. The lowest BCUT2D eigenvalue weighted by molar-refractivity contribution is -0.138. The molecule has 0 fully saturated rings. The Morgan fingerprint density at radius 2 is 1.81 bits per heavy atom. The Kier molecular flexibility index (Phi) is 3.97. The van der Waals surface area contributed by atoms with Gasteiger partial charge >= 0.3 is 5.97 Å². The quantitative estimate of drug-likeness (QED) is 0.771. The van der Waals surface area contributed by atoms with Crippen molar-refractivity contribution in [1.82, 2.24) is 4.98 Å². The summed E-state index contributed by atoms with van der Waals surface area (Å²) in [6.45, 7) is 0. The molecule has 0 aliphatic rings. The number of benzene rings is 2. The molecule has 3 aromatic rings. The number of aryl methyl sites for hydroxylation is 1. The van der Waals surface area contributed by atoms with Crippen LogP contribution in [0.4, 0.5) is 0 Å². The summed E-state index contributed by atoms with van der Waals surface area (Å²) in [5, 5.41) is 10.4. The van der Waals surface area contributed by atoms with Crippen molar-refractivity contribution < 1.29 is 9.90 Å². The number of hydrogen-bond donors (Lipinski definition) is 1. The lowest BCUT2D eigenvalue weighted by Gasteiger charge is -2.11. The first kappa shape index (κ1) is 13.8. The van der Waals surface area contributed by atoms with Crippen molar-refractivity contribution in [3.63, 3.8) is 0 Å². The number of nitrogens with zero attached hydrogens (tertiary/aromatic N) is 1. The predicted octanol–water partition coefficient (Wildman–Crippen LogP) is 4.10. The minimum atomic E-state index is -0.776. The van der Waals surface area contributed by atoms with Crippen LogP contribution < -0.4 is 0 Å². The molecule has 1 heterocycles. The van der Waals surface area contributed by atoms with Gasteiger partial charge in [0.2, 0.25) is 0 Å². The summed E-state index contributed by atoms with van der Waals surface area (Å²) in [4.78, 5) is 16.0. The highest BCUT2D eigenvalue weighted by Crippen LogP contribution is 2.26. The fourth-order valence-electron chi connectivity index (χ4n) is 2.41. The first-order valence-electron chi connectivity index (χ1n) is 6.86. The molecule has 1 N–H and O–H groups in total. The van der Waals surface area contributed by atoms with E-state index in [1.54, 1.807) is 11.3 Å². The summed E-state index contributed by atoms with van der Waals surface area (Å²) in [5.74, 6) is -1.25. The molecule has 0 saturated heterocycles. The van der Waals surface area contributed by atoms with Gasteiger partial charge in [0.15, 0.2) is 0 Å². The first-order chi connectivity index (χ1) is 10.2. The SMILES string of the molecule is O=C(O)C(CCc1nc2ccccc2s1)c1ccccc1. The fourth-order valence-corrected chi connectivity index (χ4v) is 3.40. The Hall–Kier alpha value is -2.20. The van der Waals surface area contributed by atoms with E-state index in [9.17, 15) is 9.90 Å². The molecule has 2 aromatic carbocycles. The number of carboxylic acid groups (broad SMARTS) is 1. The topological polar surface area (TPSA) is 50.2 Å². The van der Waals surface area contributed by atoms with Crippen molar-refractivity contribution in [1.29, 1.82) is 0 Å². The highest BCUT2D eigenvalue weighted by atomic mass is 32.1. The van der Waals surface area contributed by atoms with Crippen LogP contribution >= 0.6 is 11.3 Å². The van der Waals surface area contributed by atoms with Gasteiger partial charge in [0.25, 0.3) is 0 Å². The smallest absolute Gasteiger partial charge is 0.310 e. The van der Waals surface area contributed by atoms with E-state index in [0.717, 1.165) is 20.8 Å². The zero-order valence-corrected chi connectivity index (χ0v) is 12.2. The van der Waals surface area contributed by atoms with Gasteiger partial charge in [-0.25, -0.2) is 4.98 Å². The van der Waals surface area contributed by atoms with Crippen molar-refractivity contribution >= 4 is 27.5 Å². The lowest BCUT2D eigenvalue weighted by Crippen LogP contribution is -2.12. The molecule has 3 rings (SSSR count). The molecular formula is C17H15NO2S. The van der Waals surface area contributed by atoms with Gasteiger partial charge in [-0.15, -0.1) is 11.3 Å². The van der Waals surface area contributed by atoms with Crippen LogP contribution in [0.1, 0.15) is 22.9 Å². The standard InChI is InChI=1S/C17H15NO2S/c19-17(20)13(12-6-2-1-3-7-12)10-11-16-18-14-8-4-5-9-15(14)21-16/h1-9,13H,10-11H2,(H,19,20). The van der Waals surface area contributed by atoms with Gasteiger partial charge in [-0.1, -0.05) is 42.5 Å². The predicted molar refractivity (Wildman–Crippen MR) is 84.8 cm³/mol. The maximum Gasteiger partial charge on any atom is 0.310 e. The number of carboxylic acids is 1. The van der Waals surface area contributed by atoms with Gasteiger partial charge in [0, 0.05) is 6.42 Å². The number of hydrogen-bond acceptors (Lipinski definition) is 3. The molecule has 0 aliphatic carbocycles. The Bertz CT molecular complexity index is 719.